The summed E-state index contributed by atoms with van der Waals surface area (Å²) in [6.07, 6.45) is 0. The van der Waals surface area contributed by atoms with Gasteiger partial charge in [-0.05, 0) is 0 Å². The van der Waals surface area contributed by atoms with Crippen molar-refractivity contribution in [3.05, 3.63) is 0 Å². The number of rotatable bonds is 0. The molecule has 0 aliphatic carbocycles. The van der Waals surface area contributed by atoms with Gasteiger partial charge < -0.3 is 0 Å². The quantitative estimate of drug-likeness (QED) is 0.590. The number of hydrogen-bond donors (Lipinski definition) is 2. The normalized spacial score (nSPS) is 7.57. The Labute approximate surface area is 58.0 Å². The predicted molar refractivity (Wildman–Crippen MR) is 23.7 cm³/mol. The summed E-state index contributed by atoms with van der Waals surface area (Å²) in [7, 11) is 0. The van der Waals surface area contributed by atoms with Crippen molar-refractivity contribution in [1.29, 1.82) is 0 Å². The molecular formula is H2Cl2O4Te. The molecule has 0 bridgehead atoms. The van der Waals surface area contributed by atoms with Gasteiger partial charge in [0.15, 0.2) is 0 Å². The van der Waals surface area contributed by atoms with Crippen molar-refractivity contribution in [2.24, 2.45) is 0 Å². The van der Waals surface area contributed by atoms with Crippen LogP contribution in [0.25, 0.3) is 0 Å². The molecule has 46 valence electrons. The first kappa shape index (κ1) is 10.9. The molecule has 0 amide bonds. The maximum absolute atomic E-state index is 8.81. The van der Waals surface area contributed by atoms with Gasteiger partial charge in [0.2, 0.25) is 0 Å². The van der Waals surface area contributed by atoms with Crippen LogP contribution in [-0.2, 0) is 6.95 Å². The van der Waals surface area contributed by atoms with Crippen LogP contribution in [0, 0.1) is 0 Å². The van der Waals surface area contributed by atoms with Crippen LogP contribution in [0.15, 0.2) is 0 Å². The fourth-order valence-electron chi connectivity index (χ4n) is 0. The van der Waals surface area contributed by atoms with Crippen molar-refractivity contribution in [3.63, 3.8) is 0 Å². The van der Waals surface area contributed by atoms with E-state index in [-0.39, 0.29) is 0 Å². The molecule has 0 aliphatic rings. The van der Waals surface area contributed by atoms with Gasteiger partial charge in [0.25, 0.3) is 0 Å². The second-order valence-corrected chi connectivity index (χ2v) is 2.07. The molecule has 7 heavy (non-hydrogen) atoms. The van der Waals surface area contributed by atoms with Crippen molar-refractivity contribution in [2.45, 2.75) is 0 Å². The first-order chi connectivity index (χ1) is 3.15. The van der Waals surface area contributed by atoms with Crippen LogP contribution in [0.3, 0.4) is 0 Å². The van der Waals surface area contributed by atoms with Crippen LogP contribution in [-0.4, -0.2) is 27.3 Å². The Kier molecular flexibility index (Phi) is 15.8. The Morgan fingerprint density at radius 1 is 1.43 bits per heavy atom. The van der Waals surface area contributed by atoms with Crippen molar-refractivity contribution < 1.29 is 13.9 Å². The van der Waals surface area contributed by atoms with Gasteiger partial charge in [-0.2, -0.15) is 3.84 Å². The van der Waals surface area contributed by atoms with Crippen LogP contribution in [0.5, 0.6) is 0 Å². The summed E-state index contributed by atoms with van der Waals surface area (Å²) in [5.74, 6) is 0. The predicted octanol–water partition coefficient (Wildman–Crippen LogP) is -0.303. The third-order valence-electron chi connectivity index (χ3n) is 0. The molecule has 0 rings (SSSR count). The number of halogens is 2. The summed E-state index contributed by atoms with van der Waals surface area (Å²) < 4.78 is 26.5. The summed E-state index contributed by atoms with van der Waals surface area (Å²) >= 11 is 4.92. The third-order valence-corrected chi connectivity index (χ3v) is 0. The molecule has 0 aromatic carbocycles. The standard InChI is InChI=1S/Cl2O.H2O3Te/c1-3-2;1-4(2)3/h;(H2,1,2,3). The summed E-state index contributed by atoms with van der Waals surface area (Å²) in [5, 5.41) is 0. The van der Waals surface area contributed by atoms with Crippen LogP contribution in [0.1, 0.15) is 0 Å². The molecular weight excluding hydrogens is 263 g/mol. The van der Waals surface area contributed by atoms with E-state index >= 15 is 0 Å². The molecule has 0 atom stereocenters. The van der Waals surface area contributed by atoms with Gasteiger partial charge in [-0.3, -0.25) is 0 Å². The van der Waals surface area contributed by atoms with E-state index in [0.29, 0.717) is 0 Å². The molecule has 0 fully saturated rings. The fraction of sp³-hybridized carbons (Fsp3) is 0. The zero-order valence-electron chi connectivity index (χ0n) is 2.88. The Balaban J connectivity index is 0. The molecule has 0 aliphatic heterocycles. The van der Waals surface area contributed by atoms with Crippen LogP contribution >= 0.6 is 23.7 Å². The van der Waals surface area contributed by atoms with Gasteiger partial charge in [0, 0.05) is 0 Å². The minimum absolute atomic E-state index is 3.19. The molecule has 0 aromatic rings. The average Bonchev–Trinajstić information content (AvgIpc) is 1.33. The Bertz CT molecular complexity index is 41.0. The van der Waals surface area contributed by atoms with E-state index in [1.807, 2.05) is 0 Å². The second kappa shape index (κ2) is 10.1. The van der Waals surface area contributed by atoms with Crippen LogP contribution in [0.2, 0.25) is 0 Å². The molecule has 0 aromatic heterocycles. The fourth-order valence-corrected chi connectivity index (χ4v) is 0. The van der Waals surface area contributed by atoms with Gasteiger partial charge in [-0.15, -0.1) is 0 Å². The van der Waals surface area contributed by atoms with E-state index < -0.39 is 20.4 Å². The third kappa shape index (κ3) is 163. The van der Waals surface area contributed by atoms with Gasteiger partial charge in [0.05, 0.1) is 23.7 Å². The second-order valence-electron chi connectivity index (χ2n) is 0.289. The average molecular weight is 265 g/mol. The molecule has 0 saturated heterocycles. The molecule has 0 radical (unpaired) electrons. The van der Waals surface area contributed by atoms with Gasteiger partial charge in [-0.1, -0.05) is 0 Å². The summed E-state index contributed by atoms with van der Waals surface area (Å²) in [5.41, 5.74) is 0. The van der Waals surface area contributed by atoms with E-state index in [1.165, 1.54) is 0 Å². The summed E-state index contributed by atoms with van der Waals surface area (Å²) in [4.78, 5) is 0. The topological polar surface area (TPSA) is 66.8 Å². The van der Waals surface area contributed by atoms with E-state index in [0.717, 1.165) is 0 Å². The molecule has 0 saturated carbocycles. The van der Waals surface area contributed by atoms with Crippen molar-refractivity contribution in [2.75, 3.05) is 0 Å². The monoisotopic (exact) mass is 266 g/mol. The number of hydrogen-bond acceptors (Lipinski definition) is 2. The Morgan fingerprint density at radius 3 is 1.43 bits per heavy atom. The van der Waals surface area contributed by atoms with Crippen LogP contribution in [0.4, 0.5) is 0 Å². The van der Waals surface area contributed by atoms with Gasteiger partial charge in [0.1, 0.15) is 0 Å². The maximum atomic E-state index is 8.81. The van der Waals surface area contributed by atoms with Crippen molar-refractivity contribution >= 4 is 44.1 Å². The van der Waals surface area contributed by atoms with E-state index in [1.54, 1.807) is 0 Å². The molecule has 7 heteroatoms. The Morgan fingerprint density at radius 2 is 1.43 bits per heavy atom. The van der Waals surface area contributed by atoms with E-state index in [4.69, 9.17) is 10.0 Å². The van der Waals surface area contributed by atoms with E-state index in [2.05, 4.69) is 27.6 Å². The summed E-state index contributed by atoms with van der Waals surface area (Å²) in [6.45, 7) is 0. The first-order valence-corrected chi connectivity index (χ1v) is 4.49. The minimum atomic E-state index is -3.61. The summed E-state index contributed by atoms with van der Waals surface area (Å²) in [6, 6.07) is 0. The molecule has 2 N–H and O–H groups in total. The van der Waals surface area contributed by atoms with Gasteiger partial charge in [-0.25, -0.2) is 0 Å². The SMILES string of the molecule is ClOCl.O=[Te](O)O. The van der Waals surface area contributed by atoms with E-state index in [9.17, 15) is 0 Å². The van der Waals surface area contributed by atoms with Crippen molar-refractivity contribution in [1.82, 2.24) is 0 Å². The Hall–Kier alpha value is 1.05. The first-order valence-electron chi connectivity index (χ1n) is 0.840. The molecule has 0 heterocycles. The molecule has 0 unspecified atom stereocenters. The zero-order chi connectivity index (χ0) is 6.28. The molecule has 4 nitrogen and oxygen atoms in total. The molecule has 0 spiro atoms. The van der Waals surface area contributed by atoms with Gasteiger partial charge >= 0.3 is 30.4 Å². The van der Waals surface area contributed by atoms with Crippen LogP contribution < -0.4 is 0 Å². The van der Waals surface area contributed by atoms with Crippen molar-refractivity contribution in [3.8, 4) is 0 Å². The zero-order valence-corrected chi connectivity index (χ0v) is 6.72.